The van der Waals surface area contributed by atoms with Crippen molar-refractivity contribution in [1.29, 1.82) is 0 Å². The minimum atomic E-state index is -0.842. The highest BCUT2D eigenvalue weighted by atomic mass is 19.1. The van der Waals surface area contributed by atoms with Crippen molar-refractivity contribution in [2.24, 2.45) is 17.8 Å². The normalized spacial score (nSPS) is 27.1. The third kappa shape index (κ3) is 4.30. The van der Waals surface area contributed by atoms with Crippen LogP contribution in [-0.2, 0) is 19.1 Å². The van der Waals surface area contributed by atoms with Crippen molar-refractivity contribution < 1.29 is 33.4 Å². The number of amides is 2. The summed E-state index contributed by atoms with van der Waals surface area (Å²) in [5.74, 6) is -1.88. The number of alkyl halides is 1. The van der Waals surface area contributed by atoms with Gasteiger partial charge in [-0.25, -0.2) is 14.0 Å². The van der Waals surface area contributed by atoms with Crippen LogP contribution in [0, 0.1) is 17.8 Å². The smallest absolute Gasteiger partial charge is 0.410 e. The molecule has 0 aromatic rings. The maximum atomic E-state index is 13.2. The summed E-state index contributed by atoms with van der Waals surface area (Å²) >= 11 is 0. The molecule has 5 atom stereocenters. The third-order valence-electron chi connectivity index (χ3n) is 6.45. The van der Waals surface area contributed by atoms with Crippen LogP contribution in [0.3, 0.4) is 0 Å². The monoisotopic (exact) mass is 450 g/mol. The van der Waals surface area contributed by atoms with Crippen LogP contribution >= 0.6 is 0 Å². The summed E-state index contributed by atoms with van der Waals surface area (Å²) in [5, 5.41) is 10.2. The lowest BCUT2D eigenvalue weighted by molar-refractivity contribution is -0.164. The largest absolute Gasteiger partial charge is 0.457 e. The van der Waals surface area contributed by atoms with E-state index in [1.54, 1.807) is 6.92 Å². The van der Waals surface area contributed by atoms with Crippen molar-refractivity contribution >= 4 is 18.0 Å². The number of aliphatic hydroxyl groups is 1. The Kier molecular flexibility index (Phi) is 7.71. The second kappa shape index (κ2) is 10.3. The molecule has 1 aliphatic carbocycles. The predicted octanol–water partition coefficient (Wildman–Crippen LogP) is 2.20. The number of hydrogen-bond acceptors (Lipinski definition) is 6. The molecule has 0 unspecified atom stereocenters. The Balaban J connectivity index is 1.94. The van der Waals surface area contributed by atoms with Crippen LogP contribution < -0.4 is 0 Å². The van der Waals surface area contributed by atoms with Crippen molar-refractivity contribution in [3.8, 4) is 0 Å². The molecule has 176 valence electrons. The first-order chi connectivity index (χ1) is 15.4. The molecule has 9 heteroatoms. The highest BCUT2D eigenvalue weighted by Crippen LogP contribution is 2.54. The molecule has 0 spiro atoms. The van der Waals surface area contributed by atoms with Gasteiger partial charge in [0.2, 0.25) is 5.91 Å². The molecule has 2 amide bonds. The molecule has 32 heavy (non-hydrogen) atoms. The first-order valence-corrected chi connectivity index (χ1v) is 11.0. The van der Waals surface area contributed by atoms with Crippen LogP contribution in [0.25, 0.3) is 0 Å². The van der Waals surface area contributed by atoms with Crippen molar-refractivity contribution in [1.82, 2.24) is 9.80 Å². The van der Waals surface area contributed by atoms with E-state index in [1.165, 1.54) is 22.0 Å². The Morgan fingerprint density at radius 1 is 1.28 bits per heavy atom. The standard InChI is InChI=1S/C23H31FN2O6/c1-4-11-31-22(29)20-18-15(13-25(10-9-24)23(30)32-12-5-2)7-6-8-16(18)19-17(14(3)27)21(28)26(19)20/h4-5,14-17,19,27H,1-2,6-13H2,3H3/t14-,15+,16+,17-,19-/m1/s1. The van der Waals surface area contributed by atoms with Gasteiger partial charge in [0.25, 0.3) is 0 Å². The summed E-state index contributed by atoms with van der Waals surface area (Å²) in [6.45, 7) is 7.94. The molecule has 2 aliphatic heterocycles. The van der Waals surface area contributed by atoms with E-state index in [0.717, 1.165) is 18.4 Å². The average molecular weight is 451 g/mol. The summed E-state index contributed by atoms with van der Waals surface area (Å²) in [4.78, 5) is 40.9. The quantitative estimate of drug-likeness (QED) is 0.311. The van der Waals surface area contributed by atoms with Gasteiger partial charge in [-0.15, -0.1) is 0 Å². The van der Waals surface area contributed by atoms with Crippen LogP contribution in [-0.4, -0.2) is 78.0 Å². The van der Waals surface area contributed by atoms with Gasteiger partial charge < -0.3 is 24.4 Å². The van der Waals surface area contributed by atoms with Crippen molar-refractivity contribution in [3.05, 3.63) is 36.6 Å². The first-order valence-electron chi connectivity index (χ1n) is 11.0. The second-order valence-electron chi connectivity index (χ2n) is 8.39. The van der Waals surface area contributed by atoms with Crippen LogP contribution in [0.2, 0.25) is 0 Å². The summed E-state index contributed by atoms with van der Waals surface area (Å²) in [6.07, 6.45) is 3.64. The van der Waals surface area contributed by atoms with Crippen LogP contribution in [0.5, 0.6) is 0 Å². The number of β-lactam (4-membered cyclic amide) rings is 1. The molecule has 3 aliphatic rings. The first kappa shape index (κ1) is 24.0. The molecule has 0 bridgehead atoms. The SMILES string of the molecule is C=CCOC(=O)C1=C2[C@H](CN(CCF)C(=O)OCC=C)CCC[C@@H]2[C@@H]2[C@@H]([C@@H](C)O)C(=O)N12. The van der Waals surface area contributed by atoms with Gasteiger partial charge in [-0.2, -0.15) is 0 Å². The molecule has 0 aromatic heterocycles. The van der Waals surface area contributed by atoms with Crippen LogP contribution in [0.4, 0.5) is 9.18 Å². The summed E-state index contributed by atoms with van der Waals surface area (Å²) < 4.78 is 23.5. The molecular formula is C23H31FN2O6. The van der Waals surface area contributed by atoms with Gasteiger partial charge in [0.15, 0.2) is 0 Å². The van der Waals surface area contributed by atoms with E-state index in [1.807, 2.05) is 0 Å². The number of carbonyl (C=O) groups is 3. The van der Waals surface area contributed by atoms with E-state index in [9.17, 15) is 23.9 Å². The number of aliphatic hydroxyl groups excluding tert-OH is 1. The van der Waals surface area contributed by atoms with E-state index in [2.05, 4.69) is 13.2 Å². The lowest BCUT2D eigenvalue weighted by Crippen LogP contribution is -2.64. The van der Waals surface area contributed by atoms with Crippen molar-refractivity contribution in [2.45, 2.75) is 38.3 Å². The average Bonchev–Trinajstić information content (AvgIpc) is 3.06. The zero-order valence-corrected chi connectivity index (χ0v) is 18.4. The number of halogens is 1. The minimum absolute atomic E-state index is 0.000664. The van der Waals surface area contributed by atoms with E-state index >= 15 is 0 Å². The van der Waals surface area contributed by atoms with E-state index in [0.29, 0.717) is 6.42 Å². The van der Waals surface area contributed by atoms with Crippen molar-refractivity contribution in [2.75, 3.05) is 33.0 Å². The Hall–Kier alpha value is -2.68. The van der Waals surface area contributed by atoms with Gasteiger partial charge in [-0.3, -0.25) is 4.79 Å². The molecule has 8 nitrogen and oxygen atoms in total. The van der Waals surface area contributed by atoms with E-state index in [-0.39, 0.29) is 55.8 Å². The number of rotatable bonds is 10. The van der Waals surface area contributed by atoms with Gasteiger partial charge in [-0.05, 0) is 25.3 Å². The zero-order valence-electron chi connectivity index (χ0n) is 18.4. The fourth-order valence-corrected chi connectivity index (χ4v) is 5.23. The molecule has 1 N–H and O–H groups in total. The molecular weight excluding hydrogens is 419 g/mol. The highest BCUT2D eigenvalue weighted by molar-refractivity contribution is 6.01. The number of ether oxygens (including phenoxy) is 2. The molecule has 1 saturated heterocycles. The minimum Gasteiger partial charge on any atom is -0.457 e. The number of esters is 1. The molecule has 2 heterocycles. The maximum absolute atomic E-state index is 13.2. The molecule has 1 saturated carbocycles. The van der Waals surface area contributed by atoms with Crippen LogP contribution in [0.15, 0.2) is 36.6 Å². The van der Waals surface area contributed by atoms with Gasteiger partial charge in [0, 0.05) is 18.4 Å². The number of carbonyl (C=O) groups excluding carboxylic acids is 3. The number of hydrogen-bond donors (Lipinski definition) is 1. The summed E-state index contributed by atoms with van der Waals surface area (Å²) in [5.41, 5.74) is 0.959. The second-order valence-corrected chi connectivity index (χ2v) is 8.39. The third-order valence-corrected chi connectivity index (χ3v) is 6.45. The fraction of sp³-hybridized carbons (Fsp3) is 0.609. The number of fused-ring (bicyclic) bond motifs is 3. The maximum Gasteiger partial charge on any atom is 0.410 e. The molecule has 3 rings (SSSR count). The van der Waals surface area contributed by atoms with Crippen molar-refractivity contribution in [3.63, 3.8) is 0 Å². The Bertz CT molecular complexity index is 810. The molecule has 0 radical (unpaired) electrons. The van der Waals surface area contributed by atoms with E-state index < -0.39 is 30.8 Å². The zero-order chi connectivity index (χ0) is 23.4. The lowest BCUT2D eigenvalue weighted by Gasteiger charge is -2.47. The van der Waals surface area contributed by atoms with Gasteiger partial charge in [0.1, 0.15) is 25.6 Å². The lowest BCUT2D eigenvalue weighted by atomic mass is 9.69. The van der Waals surface area contributed by atoms with Crippen LogP contribution in [0.1, 0.15) is 26.2 Å². The summed E-state index contributed by atoms with van der Waals surface area (Å²) in [7, 11) is 0. The fourth-order valence-electron chi connectivity index (χ4n) is 5.23. The topological polar surface area (TPSA) is 96.4 Å². The Morgan fingerprint density at radius 2 is 1.97 bits per heavy atom. The van der Waals surface area contributed by atoms with Gasteiger partial charge >= 0.3 is 12.1 Å². The molecule has 2 fully saturated rings. The van der Waals surface area contributed by atoms with E-state index in [4.69, 9.17) is 9.47 Å². The van der Waals surface area contributed by atoms with Gasteiger partial charge in [0.05, 0.1) is 24.6 Å². The predicted molar refractivity (Wildman–Crippen MR) is 114 cm³/mol. The van der Waals surface area contributed by atoms with Gasteiger partial charge in [-0.1, -0.05) is 31.7 Å². The Morgan fingerprint density at radius 3 is 2.59 bits per heavy atom. The Labute approximate surface area is 187 Å². The molecule has 0 aromatic carbocycles. The summed E-state index contributed by atoms with van der Waals surface area (Å²) in [6, 6.07) is -0.311. The highest BCUT2D eigenvalue weighted by Gasteiger charge is 2.62. The number of nitrogens with zero attached hydrogens (tertiary/aromatic N) is 2.